The van der Waals surface area contributed by atoms with Gasteiger partial charge in [0.2, 0.25) is 0 Å². The number of halogens is 1. The molecule has 3 atom stereocenters. The summed E-state index contributed by atoms with van der Waals surface area (Å²) in [5.41, 5.74) is 9.13. The van der Waals surface area contributed by atoms with Gasteiger partial charge in [0, 0.05) is 10.5 Å². The average molecular weight is 302 g/mol. The normalized spacial score (nSPS) is 24.7. The van der Waals surface area contributed by atoms with Gasteiger partial charge in [-0.1, -0.05) is 23.7 Å². The SMILES string of the molecule is [N-]=[N+]=NC1CCC[C@@H](n2cnc(-c3cccc(F)c3)n2)[C@@H]1O. The van der Waals surface area contributed by atoms with Gasteiger partial charge in [0.05, 0.1) is 18.2 Å². The van der Waals surface area contributed by atoms with E-state index in [1.807, 2.05) is 0 Å². The third-order valence-corrected chi connectivity index (χ3v) is 3.92. The van der Waals surface area contributed by atoms with Crippen LogP contribution in [-0.2, 0) is 0 Å². The third-order valence-electron chi connectivity index (χ3n) is 3.92. The fourth-order valence-electron chi connectivity index (χ4n) is 2.81. The van der Waals surface area contributed by atoms with Crippen LogP contribution in [0.1, 0.15) is 25.3 Å². The lowest BCUT2D eigenvalue weighted by Crippen LogP contribution is -2.37. The number of benzene rings is 1. The molecule has 22 heavy (non-hydrogen) atoms. The summed E-state index contributed by atoms with van der Waals surface area (Å²) in [5, 5.41) is 18.3. The second-order valence-electron chi connectivity index (χ2n) is 5.32. The van der Waals surface area contributed by atoms with E-state index in [2.05, 4.69) is 20.1 Å². The molecule has 1 saturated carbocycles. The number of hydrogen-bond acceptors (Lipinski definition) is 4. The molecule has 1 heterocycles. The van der Waals surface area contributed by atoms with Crippen LogP contribution in [-0.4, -0.2) is 32.0 Å². The van der Waals surface area contributed by atoms with Crippen molar-refractivity contribution in [1.29, 1.82) is 0 Å². The zero-order chi connectivity index (χ0) is 15.5. The molecule has 1 unspecified atom stereocenters. The molecule has 8 heteroatoms. The van der Waals surface area contributed by atoms with E-state index in [9.17, 15) is 9.50 Å². The van der Waals surface area contributed by atoms with Gasteiger partial charge < -0.3 is 5.11 Å². The fourth-order valence-corrected chi connectivity index (χ4v) is 2.81. The minimum Gasteiger partial charge on any atom is -0.390 e. The Morgan fingerprint density at radius 1 is 1.41 bits per heavy atom. The molecule has 3 rings (SSSR count). The molecule has 1 aliphatic rings. The molecule has 1 fully saturated rings. The molecule has 1 aliphatic carbocycles. The second-order valence-corrected chi connectivity index (χ2v) is 5.32. The van der Waals surface area contributed by atoms with Crippen molar-refractivity contribution in [1.82, 2.24) is 14.8 Å². The average Bonchev–Trinajstić information content (AvgIpc) is 2.99. The highest BCUT2D eigenvalue weighted by Gasteiger charge is 2.33. The summed E-state index contributed by atoms with van der Waals surface area (Å²) in [6.07, 6.45) is 2.94. The van der Waals surface area contributed by atoms with E-state index in [0.717, 1.165) is 12.8 Å². The minimum atomic E-state index is -0.799. The van der Waals surface area contributed by atoms with Crippen molar-refractivity contribution in [2.75, 3.05) is 0 Å². The van der Waals surface area contributed by atoms with Crippen molar-refractivity contribution in [3.05, 3.63) is 46.9 Å². The Morgan fingerprint density at radius 3 is 3.05 bits per heavy atom. The van der Waals surface area contributed by atoms with E-state index >= 15 is 0 Å². The maximum Gasteiger partial charge on any atom is 0.181 e. The molecule has 0 bridgehead atoms. The maximum absolute atomic E-state index is 13.3. The number of aromatic nitrogens is 3. The predicted molar refractivity (Wildman–Crippen MR) is 77.2 cm³/mol. The predicted octanol–water partition coefficient (Wildman–Crippen LogP) is 2.85. The lowest BCUT2D eigenvalue weighted by molar-refractivity contribution is 0.0516. The molecule has 0 aliphatic heterocycles. The summed E-state index contributed by atoms with van der Waals surface area (Å²) in [5.74, 6) is 0.0487. The molecule has 0 saturated heterocycles. The van der Waals surface area contributed by atoms with E-state index in [1.165, 1.54) is 18.5 Å². The highest BCUT2D eigenvalue weighted by molar-refractivity contribution is 5.53. The van der Waals surface area contributed by atoms with E-state index in [4.69, 9.17) is 5.53 Å². The third kappa shape index (κ3) is 2.79. The Balaban J connectivity index is 1.85. The van der Waals surface area contributed by atoms with E-state index in [1.54, 1.807) is 16.8 Å². The summed E-state index contributed by atoms with van der Waals surface area (Å²) in [4.78, 5) is 6.96. The number of nitrogens with zero attached hydrogens (tertiary/aromatic N) is 6. The van der Waals surface area contributed by atoms with Gasteiger partial charge in [-0.2, -0.15) is 5.10 Å². The number of aliphatic hydroxyl groups excluding tert-OH is 1. The fraction of sp³-hybridized carbons (Fsp3) is 0.429. The molecule has 0 spiro atoms. The Hall–Kier alpha value is -2.44. The van der Waals surface area contributed by atoms with E-state index in [0.29, 0.717) is 17.8 Å². The molecule has 2 aromatic rings. The van der Waals surface area contributed by atoms with Crippen molar-refractivity contribution >= 4 is 0 Å². The van der Waals surface area contributed by atoms with Crippen LogP contribution in [0.2, 0.25) is 0 Å². The first-order chi connectivity index (χ1) is 10.7. The Morgan fingerprint density at radius 2 is 2.27 bits per heavy atom. The Kier molecular flexibility index (Phi) is 4.04. The van der Waals surface area contributed by atoms with Crippen LogP contribution in [0.5, 0.6) is 0 Å². The van der Waals surface area contributed by atoms with Crippen molar-refractivity contribution in [2.24, 2.45) is 5.11 Å². The zero-order valence-electron chi connectivity index (χ0n) is 11.7. The quantitative estimate of drug-likeness (QED) is 0.536. The highest BCUT2D eigenvalue weighted by Crippen LogP contribution is 2.31. The highest BCUT2D eigenvalue weighted by atomic mass is 19.1. The van der Waals surface area contributed by atoms with Gasteiger partial charge in [-0.3, -0.25) is 0 Å². The van der Waals surface area contributed by atoms with Gasteiger partial charge in [-0.05, 0) is 30.5 Å². The standard InChI is InChI=1S/C14H15FN6O/c15-10-4-1-3-9(7-10)14-17-8-21(19-14)12-6-2-5-11(13(12)22)18-20-16/h1,3-4,7-8,11-13,22H,2,5-6H2/t11?,12-,13-/m1/s1. The summed E-state index contributed by atoms with van der Waals surface area (Å²) in [6, 6.07) is 5.29. The summed E-state index contributed by atoms with van der Waals surface area (Å²) >= 11 is 0. The molecule has 114 valence electrons. The number of aliphatic hydroxyl groups is 1. The van der Waals surface area contributed by atoms with Crippen molar-refractivity contribution in [3.8, 4) is 11.4 Å². The van der Waals surface area contributed by atoms with Crippen LogP contribution in [0.25, 0.3) is 21.8 Å². The lowest BCUT2D eigenvalue weighted by Gasteiger charge is -2.31. The first-order valence-corrected chi connectivity index (χ1v) is 7.08. The lowest BCUT2D eigenvalue weighted by atomic mass is 9.89. The Labute approximate surface area is 126 Å². The molecule has 1 aromatic heterocycles. The molecule has 0 amide bonds. The second kappa shape index (κ2) is 6.13. The number of azide groups is 1. The Bertz CT molecular complexity index is 711. The smallest absolute Gasteiger partial charge is 0.181 e. The van der Waals surface area contributed by atoms with Crippen LogP contribution in [0, 0.1) is 5.82 Å². The van der Waals surface area contributed by atoms with Crippen LogP contribution >= 0.6 is 0 Å². The summed E-state index contributed by atoms with van der Waals surface area (Å²) < 4.78 is 14.8. The van der Waals surface area contributed by atoms with Crippen LogP contribution in [0.4, 0.5) is 4.39 Å². The maximum atomic E-state index is 13.3. The molecule has 1 aromatic carbocycles. The van der Waals surface area contributed by atoms with Crippen LogP contribution < -0.4 is 0 Å². The van der Waals surface area contributed by atoms with Gasteiger partial charge in [0.1, 0.15) is 12.1 Å². The molecule has 0 radical (unpaired) electrons. The number of hydrogen-bond donors (Lipinski definition) is 1. The summed E-state index contributed by atoms with van der Waals surface area (Å²) in [7, 11) is 0. The molecular weight excluding hydrogens is 287 g/mol. The topological polar surface area (TPSA) is 99.7 Å². The van der Waals surface area contributed by atoms with Gasteiger partial charge >= 0.3 is 0 Å². The summed E-state index contributed by atoms with van der Waals surface area (Å²) in [6.45, 7) is 0. The number of rotatable bonds is 3. The van der Waals surface area contributed by atoms with Crippen LogP contribution in [0.3, 0.4) is 0 Å². The monoisotopic (exact) mass is 302 g/mol. The largest absolute Gasteiger partial charge is 0.390 e. The van der Waals surface area contributed by atoms with Crippen molar-refractivity contribution < 1.29 is 9.50 Å². The van der Waals surface area contributed by atoms with Crippen molar-refractivity contribution in [3.63, 3.8) is 0 Å². The van der Waals surface area contributed by atoms with Gasteiger partial charge in [-0.15, -0.1) is 0 Å². The van der Waals surface area contributed by atoms with E-state index < -0.39 is 12.1 Å². The van der Waals surface area contributed by atoms with Gasteiger partial charge in [-0.25, -0.2) is 14.1 Å². The van der Waals surface area contributed by atoms with Gasteiger partial charge in [0.15, 0.2) is 5.82 Å². The zero-order valence-corrected chi connectivity index (χ0v) is 11.7. The molecular formula is C14H15FN6O. The molecule has 1 N–H and O–H groups in total. The first-order valence-electron chi connectivity index (χ1n) is 7.08. The molecule has 7 nitrogen and oxygen atoms in total. The van der Waals surface area contributed by atoms with Crippen molar-refractivity contribution in [2.45, 2.75) is 37.5 Å². The van der Waals surface area contributed by atoms with Gasteiger partial charge in [0.25, 0.3) is 0 Å². The van der Waals surface area contributed by atoms with Crippen LogP contribution in [0.15, 0.2) is 35.7 Å². The minimum absolute atomic E-state index is 0.293. The first kappa shape index (κ1) is 14.5. The van der Waals surface area contributed by atoms with E-state index in [-0.39, 0.29) is 11.9 Å².